The Morgan fingerprint density at radius 3 is 2.81 bits per heavy atom. The lowest BCUT2D eigenvalue weighted by atomic mass is 10.2. The smallest absolute Gasteiger partial charge is 0.234 e. The van der Waals surface area contributed by atoms with Crippen LogP contribution in [-0.4, -0.2) is 18.5 Å². The SMILES string of the molecule is CCC(C)NCC(=O)N[C@H](C)c1ccco1. The molecule has 0 spiro atoms. The molecule has 1 aromatic rings. The monoisotopic (exact) mass is 224 g/mol. The zero-order chi connectivity index (χ0) is 12.0. The number of rotatable bonds is 6. The Bertz CT molecular complexity index is 309. The van der Waals surface area contributed by atoms with Crippen LogP contribution in [0.4, 0.5) is 0 Å². The fourth-order valence-electron chi connectivity index (χ4n) is 1.31. The van der Waals surface area contributed by atoms with Crippen molar-refractivity contribution in [2.45, 2.75) is 39.3 Å². The minimum atomic E-state index is -0.0822. The molecule has 0 fully saturated rings. The fraction of sp³-hybridized carbons (Fsp3) is 0.583. The molecule has 2 atom stereocenters. The molecule has 0 saturated carbocycles. The van der Waals surface area contributed by atoms with Gasteiger partial charge >= 0.3 is 0 Å². The molecule has 0 saturated heterocycles. The first kappa shape index (κ1) is 12.8. The molecule has 4 heteroatoms. The Morgan fingerprint density at radius 1 is 1.50 bits per heavy atom. The van der Waals surface area contributed by atoms with Gasteiger partial charge in [-0.3, -0.25) is 4.79 Å². The molecule has 90 valence electrons. The maximum absolute atomic E-state index is 11.6. The summed E-state index contributed by atoms with van der Waals surface area (Å²) in [5.74, 6) is 0.765. The highest BCUT2D eigenvalue weighted by Gasteiger charge is 2.11. The van der Waals surface area contributed by atoms with E-state index < -0.39 is 0 Å². The van der Waals surface area contributed by atoms with Crippen molar-refractivity contribution in [3.63, 3.8) is 0 Å². The number of furan rings is 1. The Hall–Kier alpha value is -1.29. The quantitative estimate of drug-likeness (QED) is 0.775. The number of hydrogen-bond donors (Lipinski definition) is 2. The van der Waals surface area contributed by atoms with Crippen LogP contribution in [0, 0.1) is 0 Å². The molecule has 0 aromatic carbocycles. The average molecular weight is 224 g/mol. The van der Waals surface area contributed by atoms with Crippen molar-refractivity contribution in [1.82, 2.24) is 10.6 Å². The molecular formula is C12H20N2O2. The molecule has 2 N–H and O–H groups in total. The Balaban J connectivity index is 2.29. The first-order valence-electron chi connectivity index (χ1n) is 5.69. The molecule has 1 rings (SSSR count). The molecule has 1 heterocycles. The molecule has 0 aliphatic rings. The summed E-state index contributed by atoms with van der Waals surface area (Å²) >= 11 is 0. The van der Waals surface area contributed by atoms with Gasteiger partial charge in [0, 0.05) is 6.04 Å². The maximum atomic E-state index is 11.6. The summed E-state index contributed by atoms with van der Waals surface area (Å²) in [7, 11) is 0. The van der Waals surface area contributed by atoms with Crippen LogP contribution in [0.3, 0.4) is 0 Å². The number of carbonyl (C=O) groups excluding carboxylic acids is 1. The van der Waals surface area contributed by atoms with Gasteiger partial charge < -0.3 is 15.1 Å². The van der Waals surface area contributed by atoms with E-state index in [0.29, 0.717) is 12.6 Å². The summed E-state index contributed by atoms with van der Waals surface area (Å²) in [5, 5.41) is 6.01. The van der Waals surface area contributed by atoms with Crippen molar-refractivity contribution >= 4 is 5.91 Å². The third kappa shape index (κ3) is 4.06. The van der Waals surface area contributed by atoms with Gasteiger partial charge in [0.25, 0.3) is 0 Å². The number of nitrogens with one attached hydrogen (secondary N) is 2. The lowest BCUT2D eigenvalue weighted by molar-refractivity contribution is -0.121. The highest BCUT2D eigenvalue weighted by molar-refractivity contribution is 5.78. The van der Waals surface area contributed by atoms with Gasteiger partial charge in [-0.25, -0.2) is 0 Å². The van der Waals surface area contributed by atoms with Crippen molar-refractivity contribution < 1.29 is 9.21 Å². The van der Waals surface area contributed by atoms with E-state index in [4.69, 9.17) is 4.42 Å². The van der Waals surface area contributed by atoms with Crippen LogP contribution < -0.4 is 10.6 Å². The van der Waals surface area contributed by atoms with E-state index in [-0.39, 0.29) is 11.9 Å². The van der Waals surface area contributed by atoms with Gasteiger partial charge in [0.15, 0.2) is 0 Å². The van der Waals surface area contributed by atoms with Crippen molar-refractivity contribution in [1.29, 1.82) is 0 Å². The molecule has 0 bridgehead atoms. The summed E-state index contributed by atoms with van der Waals surface area (Å²) in [5.41, 5.74) is 0. The Kier molecular flexibility index (Phi) is 5.05. The third-order valence-electron chi connectivity index (χ3n) is 2.57. The molecule has 1 unspecified atom stereocenters. The highest BCUT2D eigenvalue weighted by Crippen LogP contribution is 2.11. The van der Waals surface area contributed by atoms with E-state index in [1.54, 1.807) is 6.26 Å². The zero-order valence-electron chi connectivity index (χ0n) is 10.1. The second-order valence-electron chi connectivity index (χ2n) is 3.99. The van der Waals surface area contributed by atoms with E-state index in [9.17, 15) is 4.79 Å². The van der Waals surface area contributed by atoms with Crippen LogP contribution in [0.2, 0.25) is 0 Å². The van der Waals surface area contributed by atoms with Crippen molar-refractivity contribution in [3.05, 3.63) is 24.2 Å². The lowest BCUT2D eigenvalue weighted by Crippen LogP contribution is -2.38. The molecule has 16 heavy (non-hydrogen) atoms. The van der Waals surface area contributed by atoms with Crippen LogP contribution in [-0.2, 0) is 4.79 Å². The molecular weight excluding hydrogens is 204 g/mol. The number of carbonyl (C=O) groups is 1. The van der Waals surface area contributed by atoms with Crippen LogP contribution in [0.25, 0.3) is 0 Å². The van der Waals surface area contributed by atoms with Gasteiger partial charge in [-0.1, -0.05) is 6.92 Å². The summed E-state index contributed by atoms with van der Waals surface area (Å²) in [4.78, 5) is 11.6. The van der Waals surface area contributed by atoms with E-state index >= 15 is 0 Å². The lowest BCUT2D eigenvalue weighted by Gasteiger charge is -2.14. The average Bonchev–Trinajstić information content (AvgIpc) is 2.79. The van der Waals surface area contributed by atoms with Crippen LogP contribution >= 0.6 is 0 Å². The molecule has 1 aromatic heterocycles. The predicted molar refractivity (Wildman–Crippen MR) is 63.0 cm³/mol. The summed E-state index contributed by atoms with van der Waals surface area (Å²) in [6, 6.07) is 3.95. The fourth-order valence-corrected chi connectivity index (χ4v) is 1.31. The summed E-state index contributed by atoms with van der Waals surface area (Å²) < 4.78 is 5.21. The van der Waals surface area contributed by atoms with Crippen molar-refractivity contribution in [2.75, 3.05) is 6.54 Å². The van der Waals surface area contributed by atoms with Gasteiger partial charge in [0.05, 0.1) is 18.8 Å². The van der Waals surface area contributed by atoms with Gasteiger partial charge in [-0.15, -0.1) is 0 Å². The summed E-state index contributed by atoms with van der Waals surface area (Å²) in [6.45, 7) is 6.39. The van der Waals surface area contributed by atoms with Gasteiger partial charge in [-0.2, -0.15) is 0 Å². The maximum Gasteiger partial charge on any atom is 0.234 e. The number of hydrogen-bond acceptors (Lipinski definition) is 3. The minimum Gasteiger partial charge on any atom is -0.467 e. The van der Waals surface area contributed by atoms with Gasteiger partial charge in [0.1, 0.15) is 5.76 Å². The standard InChI is InChI=1S/C12H20N2O2/c1-4-9(2)13-8-12(15)14-10(3)11-6-5-7-16-11/h5-7,9-10,13H,4,8H2,1-3H3,(H,14,15)/t9?,10-/m1/s1. The highest BCUT2D eigenvalue weighted by atomic mass is 16.3. The molecule has 0 aliphatic heterocycles. The molecule has 0 aliphatic carbocycles. The van der Waals surface area contributed by atoms with Gasteiger partial charge in [-0.05, 0) is 32.4 Å². The molecule has 4 nitrogen and oxygen atoms in total. The van der Waals surface area contributed by atoms with Crippen LogP contribution in [0.1, 0.15) is 39.0 Å². The Labute approximate surface area is 96.4 Å². The van der Waals surface area contributed by atoms with Crippen LogP contribution in [0.15, 0.2) is 22.8 Å². The van der Waals surface area contributed by atoms with E-state index in [2.05, 4.69) is 24.5 Å². The van der Waals surface area contributed by atoms with Crippen molar-refractivity contribution in [3.8, 4) is 0 Å². The van der Waals surface area contributed by atoms with E-state index in [1.807, 2.05) is 19.1 Å². The van der Waals surface area contributed by atoms with Crippen molar-refractivity contribution in [2.24, 2.45) is 0 Å². The number of amides is 1. The first-order valence-corrected chi connectivity index (χ1v) is 5.69. The molecule has 1 amide bonds. The summed E-state index contributed by atoms with van der Waals surface area (Å²) in [6.07, 6.45) is 2.62. The van der Waals surface area contributed by atoms with E-state index in [1.165, 1.54) is 0 Å². The molecule has 0 radical (unpaired) electrons. The second-order valence-corrected chi connectivity index (χ2v) is 3.99. The van der Waals surface area contributed by atoms with E-state index in [0.717, 1.165) is 12.2 Å². The second kappa shape index (κ2) is 6.33. The third-order valence-corrected chi connectivity index (χ3v) is 2.57. The largest absolute Gasteiger partial charge is 0.467 e. The first-order chi connectivity index (χ1) is 7.63. The normalized spacial score (nSPS) is 14.4. The Morgan fingerprint density at radius 2 is 2.25 bits per heavy atom. The topological polar surface area (TPSA) is 54.3 Å². The minimum absolute atomic E-state index is 0.01000. The van der Waals surface area contributed by atoms with Gasteiger partial charge in [0.2, 0.25) is 5.91 Å². The predicted octanol–water partition coefficient (Wildman–Crippen LogP) is 1.84. The van der Waals surface area contributed by atoms with Crippen LogP contribution in [0.5, 0.6) is 0 Å². The zero-order valence-corrected chi connectivity index (χ0v) is 10.1.